The van der Waals surface area contributed by atoms with Crippen molar-refractivity contribution in [3.05, 3.63) is 59.7 Å². The molecule has 0 heterocycles. The van der Waals surface area contributed by atoms with Gasteiger partial charge in [-0.25, -0.2) is 0 Å². The Bertz CT molecular complexity index is 589. The molecule has 2 aromatic carbocycles. The minimum absolute atomic E-state index is 0.174. The number of hydrogen-bond acceptors (Lipinski definition) is 3. The second-order valence-corrected chi connectivity index (χ2v) is 5.11. The van der Waals surface area contributed by atoms with Crippen LogP contribution in [0.3, 0.4) is 0 Å². The van der Waals surface area contributed by atoms with Crippen LogP contribution in [-0.4, -0.2) is 12.0 Å². The van der Waals surface area contributed by atoms with E-state index in [-0.39, 0.29) is 6.10 Å². The van der Waals surface area contributed by atoms with Gasteiger partial charge in [-0.1, -0.05) is 12.1 Å². The van der Waals surface area contributed by atoms with Crippen LogP contribution >= 0.6 is 0 Å². The van der Waals surface area contributed by atoms with E-state index < -0.39 is 5.91 Å². The summed E-state index contributed by atoms with van der Waals surface area (Å²) in [4.78, 5) is 11.0. The number of ether oxygens (including phenoxy) is 1. The average molecular weight is 284 g/mol. The van der Waals surface area contributed by atoms with Crippen LogP contribution in [0.25, 0.3) is 0 Å². The Morgan fingerprint density at radius 3 is 2.24 bits per heavy atom. The topological polar surface area (TPSA) is 64.3 Å². The lowest BCUT2D eigenvalue weighted by Crippen LogP contribution is -2.10. The minimum atomic E-state index is -0.407. The number of nitrogens with two attached hydrogens (primary N) is 1. The zero-order valence-electron chi connectivity index (χ0n) is 12.3. The van der Waals surface area contributed by atoms with Crippen LogP contribution in [0.4, 0.5) is 5.69 Å². The normalized spacial score (nSPS) is 10.4. The fourth-order valence-corrected chi connectivity index (χ4v) is 1.91. The third-order valence-corrected chi connectivity index (χ3v) is 2.96. The van der Waals surface area contributed by atoms with Crippen molar-refractivity contribution < 1.29 is 9.53 Å². The minimum Gasteiger partial charge on any atom is -0.491 e. The van der Waals surface area contributed by atoms with Gasteiger partial charge >= 0.3 is 0 Å². The number of carbonyl (C=O) groups excluding carboxylic acids is 1. The first-order chi connectivity index (χ1) is 10.0. The zero-order chi connectivity index (χ0) is 15.2. The van der Waals surface area contributed by atoms with Gasteiger partial charge in [0.2, 0.25) is 5.91 Å². The Morgan fingerprint density at radius 2 is 1.71 bits per heavy atom. The molecule has 0 saturated carbocycles. The van der Waals surface area contributed by atoms with Crippen LogP contribution in [0, 0.1) is 0 Å². The van der Waals surface area contributed by atoms with E-state index in [2.05, 4.69) is 5.32 Å². The third kappa shape index (κ3) is 4.53. The molecule has 0 saturated heterocycles. The van der Waals surface area contributed by atoms with Gasteiger partial charge in [0.1, 0.15) is 5.75 Å². The molecule has 1 amide bonds. The molecule has 110 valence electrons. The summed E-state index contributed by atoms with van der Waals surface area (Å²) in [6.07, 6.45) is 0.174. The van der Waals surface area contributed by atoms with E-state index in [4.69, 9.17) is 10.5 Å². The lowest BCUT2D eigenvalue weighted by molar-refractivity contribution is 0.100. The Kier molecular flexibility index (Phi) is 4.82. The maximum atomic E-state index is 11.0. The van der Waals surface area contributed by atoms with Gasteiger partial charge in [0, 0.05) is 17.8 Å². The van der Waals surface area contributed by atoms with Crippen molar-refractivity contribution in [2.45, 2.75) is 26.5 Å². The molecule has 0 radical (unpaired) electrons. The van der Waals surface area contributed by atoms with Crippen molar-refractivity contribution in [1.82, 2.24) is 0 Å². The summed E-state index contributed by atoms with van der Waals surface area (Å²) >= 11 is 0. The fourth-order valence-electron chi connectivity index (χ4n) is 1.91. The molecule has 4 heteroatoms. The predicted molar refractivity (Wildman–Crippen MR) is 84.5 cm³/mol. The largest absolute Gasteiger partial charge is 0.491 e. The van der Waals surface area contributed by atoms with Crippen molar-refractivity contribution in [3.8, 4) is 5.75 Å². The number of hydrogen-bond donors (Lipinski definition) is 2. The van der Waals surface area contributed by atoms with Crippen molar-refractivity contribution in [1.29, 1.82) is 0 Å². The van der Waals surface area contributed by atoms with E-state index in [9.17, 15) is 4.79 Å². The molecule has 21 heavy (non-hydrogen) atoms. The standard InChI is InChI=1S/C17H20N2O2/c1-12(2)21-16-9-7-15(8-10-16)19-11-13-3-5-14(6-4-13)17(18)20/h3-10,12,19H,11H2,1-2H3,(H2,18,20). The van der Waals surface area contributed by atoms with Crippen molar-refractivity contribution in [2.24, 2.45) is 5.73 Å². The summed E-state index contributed by atoms with van der Waals surface area (Å²) in [5.74, 6) is 0.455. The smallest absolute Gasteiger partial charge is 0.248 e. The molecule has 0 aliphatic rings. The SMILES string of the molecule is CC(C)Oc1ccc(NCc2ccc(C(N)=O)cc2)cc1. The van der Waals surface area contributed by atoms with Gasteiger partial charge in [0.25, 0.3) is 0 Å². The van der Waals surface area contributed by atoms with E-state index >= 15 is 0 Å². The third-order valence-electron chi connectivity index (χ3n) is 2.96. The van der Waals surface area contributed by atoms with Gasteiger partial charge in [0.15, 0.2) is 0 Å². The van der Waals surface area contributed by atoms with E-state index in [1.54, 1.807) is 12.1 Å². The molecular weight excluding hydrogens is 264 g/mol. The number of amides is 1. The molecule has 2 aromatic rings. The Morgan fingerprint density at radius 1 is 1.10 bits per heavy atom. The molecule has 0 bridgehead atoms. The van der Waals surface area contributed by atoms with Crippen LogP contribution in [0.1, 0.15) is 29.8 Å². The fraction of sp³-hybridized carbons (Fsp3) is 0.235. The summed E-state index contributed by atoms with van der Waals surface area (Å²) in [6, 6.07) is 15.1. The Balaban J connectivity index is 1.91. The van der Waals surface area contributed by atoms with Gasteiger partial charge in [-0.15, -0.1) is 0 Å². The van der Waals surface area contributed by atoms with Crippen molar-refractivity contribution >= 4 is 11.6 Å². The van der Waals surface area contributed by atoms with Crippen LogP contribution in [0.15, 0.2) is 48.5 Å². The lowest BCUT2D eigenvalue weighted by Gasteiger charge is -2.11. The molecule has 0 fully saturated rings. The van der Waals surface area contributed by atoms with Crippen LogP contribution in [0.5, 0.6) is 5.75 Å². The first kappa shape index (κ1) is 14.9. The molecule has 0 spiro atoms. The molecule has 0 unspecified atom stereocenters. The van der Waals surface area contributed by atoms with Gasteiger partial charge in [-0.2, -0.15) is 0 Å². The molecule has 2 rings (SSSR count). The predicted octanol–water partition coefficient (Wildman–Crippen LogP) is 3.18. The van der Waals surface area contributed by atoms with E-state index in [0.717, 1.165) is 17.0 Å². The summed E-state index contributed by atoms with van der Waals surface area (Å²) < 4.78 is 5.60. The second kappa shape index (κ2) is 6.79. The number of carbonyl (C=O) groups is 1. The van der Waals surface area contributed by atoms with E-state index in [1.807, 2.05) is 50.2 Å². The maximum absolute atomic E-state index is 11.0. The molecule has 0 atom stereocenters. The quantitative estimate of drug-likeness (QED) is 0.856. The molecular formula is C17H20N2O2. The Labute approximate surface area is 124 Å². The summed E-state index contributed by atoms with van der Waals surface area (Å²) in [6.45, 7) is 4.69. The number of primary amides is 1. The monoisotopic (exact) mass is 284 g/mol. The highest BCUT2D eigenvalue weighted by molar-refractivity contribution is 5.92. The van der Waals surface area contributed by atoms with Crippen LogP contribution in [-0.2, 0) is 6.54 Å². The number of anilines is 1. The highest BCUT2D eigenvalue weighted by Crippen LogP contribution is 2.17. The lowest BCUT2D eigenvalue weighted by atomic mass is 10.1. The highest BCUT2D eigenvalue weighted by atomic mass is 16.5. The summed E-state index contributed by atoms with van der Waals surface area (Å²) in [5.41, 5.74) is 7.84. The van der Waals surface area contributed by atoms with Gasteiger partial charge in [0.05, 0.1) is 6.10 Å². The van der Waals surface area contributed by atoms with Crippen LogP contribution in [0.2, 0.25) is 0 Å². The van der Waals surface area contributed by atoms with Crippen LogP contribution < -0.4 is 15.8 Å². The molecule has 3 N–H and O–H groups in total. The first-order valence-electron chi connectivity index (χ1n) is 6.94. The summed E-state index contributed by atoms with van der Waals surface area (Å²) in [5, 5.41) is 3.32. The van der Waals surface area contributed by atoms with E-state index in [0.29, 0.717) is 12.1 Å². The zero-order valence-corrected chi connectivity index (χ0v) is 12.3. The number of nitrogens with one attached hydrogen (secondary N) is 1. The molecule has 0 aromatic heterocycles. The van der Waals surface area contributed by atoms with Crippen molar-refractivity contribution in [2.75, 3.05) is 5.32 Å². The molecule has 0 aliphatic heterocycles. The van der Waals surface area contributed by atoms with Crippen molar-refractivity contribution in [3.63, 3.8) is 0 Å². The highest BCUT2D eigenvalue weighted by Gasteiger charge is 2.01. The number of benzene rings is 2. The van der Waals surface area contributed by atoms with Gasteiger partial charge < -0.3 is 15.8 Å². The average Bonchev–Trinajstić information content (AvgIpc) is 2.46. The maximum Gasteiger partial charge on any atom is 0.248 e. The first-order valence-corrected chi connectivity index (χ1v) is 6.94. The van der Waals surface area contributed by atoms with Gasteiger partial charge in [-0.05, 0) is 55.8 Å². The summed E-state index contributed by atoms with van der Waals surface area (Å²) in [7, 11) is 0. The van der Waals surface area contributed by atoms with E-state index in [1.165, 1.54) is 0 Å². The number of rotatable bonds is 6. The van der Waals surface area contributed by atoms with Gasteiger partial charge in [-0.3, -0.25) is 4.79 Å². The molecule has 4 nitrogen and oxygen atoms in total. The molecule has 0 aliphatic carbocycles. The second-order valence-electron chi connectivity index (χ2n) is 5.11. The Hall–Kier alpha value is -2.49.